The Hall–Kier alpha value is -1.20. The van der Waals surface area contributed by atoms with Gasteiger partial charge in [0.25, 0.3) is 0 Å². The largest absolute Gasteiger partial charge is 0.335 e. The molecule has 15 heavy (non-hydrogen) atoms. The molecule has 0 saturated carbocycles. The fourth-order valence-electron chi connectivity index (χ4n) is 1.26. The van der Waals surface area contributed by atoms with Crippen LogP contribution in [-0.2, 0) is 10.2 Å². The predicted molar refractivity (Wildman–Crippen MR) is 55.0 cm³/mol. The van der Waals surface area contributed by atoms with Crippen molar-refractivity contribution in [3.8, 4) is 0 Å². The van der Waals surface area contributed by atoms with Crippen LogP contribution in [0.25, 0.3) is 10.9 Å². The first-order valence-corrected chi connectivity index (χ1v) is 5.74. The van der Waals surface area contributed by atoms with E-state index in [1.165, 1.54) is 0 Å². The van der Waals surface area contributed by atoms with Gasteiger partial charge in [0.15, 0.2) is 0 Å². The smallest absolute Gasteiger partial charge is 0.255 e. The van der Waals surface area contributed by atoms with Crippen molar-refractivity contribution in [3.05, 3.63) is 35.5 Å². The SMILES string of the molecule is O=S(=O)(F)c1cnc2ccccc2c1Cl. The van der Waals surface area contributed by atoms with Crippen LogP contribution in [0.5, 0.6) is 0 Å². The molecule has 0 aliphatic heterocycles. The van der Waals surface area contributed by atoms with E-state index >= 15 is 0 Å². The first-order valence-electron chi connectivity index (χ1n) is 3.98. The maximum atomic E-state index is 12.8. The van der Waals surface area contributed by atoms with Crippen LogP contribution in [0.2, 0.25) is 5.02 Å². The van der Waals surface area contributed by atoms with Crippen molar-refractivity contribution in [1.29, 1.82) is 0 Å². The molecule has 0 spiro atoms. The normalized spacial score (nSPS) is 11.9. The highest BCUT2D eigenvalue weighted by Crippen LogP contribution is 2.29. The van der Waals surface area contributed by atoms with Crippen molar-refractivity contribution in [3.63, 3.8) is 0 Å². The lowest BCUT2D eigenvalue weighted by molar-refractivity contribution is 0.552. The van der Waals surface area contributed by atoms with Gasteiger partial charge in [-0.25, -0.2) is 0 Å². The molecule has 0 radical (unpaired) electrons. The molecular weight excluding hydrogens is 241 g/mol. The summed E-state index contributed by atoms with van der Waals surface area (Å²) in [5.74, 6) is 0. The number of fused-ring (bicyclic) bond motifs is 1. The van der Waals surface area contributed by atoms with Crippen LogP contribution in [0.3, 0.4) is 0 Å². The van der Waals surface area contributed by atoms with E-state index < -0.39 is 15.1 Å². The van der Waals surface area contributed by atoms with Gasteiger partial charge in [-0.3, -0.25) is 4.98 Å². The Morgan fingerprint density at radius 2 is 1.93 bits per heavy atom. The first kappa shape index (κ1) is 10.3. The molecule has 2 rings (SSSR count). The third-order valence-electron chi connectivity index (χ3n) is 1.94. The van der Waals surface area contributed by atoms with E-state index in [9.17, 15) is 12.3 Å². The van der Waals surface area contributed by atoms with Crippen LogP contribution in [-0.4, -0.2) is 13.4 Å². The molecule has 0 bridgehead atoms. The molecule has 3 nitrogen and oxygen atoms in total. The van der Waals surface area contributed by atoms with Crippen molar-refractivity contribution >= 4 is 32.7 Å². The Morgan fingerprint density at radius 1 is 1.27 bits per heavy atom. The molecule has 0 N–H and O–H groups in total. The number of para-hydroxylation sites is 1. The van der Waals surface area contributed by atoms with Crippen LogP contribution in [0.15, 0.2) is 35.4 Å². The van der Waals surface area contributed by atoms with Crippen molar-refractivity contribution in [2.75, 3.05) is 0 Å². The Labute approximate surface area is 90.7 Å². The van der Waals surface area contributed by atoms with E-state index in [0.717, 1.165) is 6.20 Å². The number of benzene rings is 1. The number of nitrogens with zero attached hydrogens (tertiary/aromatic N) is 1. The van der Waals surface area contributed by atoms with E-state index in [4.69, 9.17) is 11.6 Å². The Kier molecular flexibility index (Phi) is 2.36. The number of halogens is 2. The zero-order valence-electron chi connectivity index (χ0n) is 7.31. The molecule has 1 heterocycles. The number of hydrogen-bond acceptors (Lipinski definition) is 3. The molecule has 0 aliphatic carbocycles. The zero-order valence-corrected chi connectivity index (χ0v) is 8.89. The van der Waals surface area contributed by atoms with Crippen LogP contribution in [0.4, 0.5) is 3.89 Å². The van der Waals surface area contributed by atoms with Gasteiger partial charge in [-0.15, -0.1) is 3.89 Å². The first-order chi connectivity index (χ1) is 7.00. The van der Waals surface area contributed by atoms with Gasteiger partial charge >= 0.3 is 10.2 Å². The van der Waals surface area contributed by atoms with E-state index in [1.54, 1.807) is 24.3 Å². The maximum Gasteiger partial charge on any atom is 0.335 e. The minimum absolute atomic E-state index is 0.136. The van der Waals surface area contributed by atoms with E-state index in [1.807, 2.05) is 0 Å². The highest BCUT2D eigenvalue weighted by Gasteiger charge is 2.18. The lowest BCUT2D eigenvalue weighted by Crippen LogP contribution is -1.95. The Balaban J connectivity index is 2.88. The van der Waals surface area contributed by atoms with Gasteiger partial charge in [0.05, 0.1) is 16.7 Å². The summed E-state index contributed by atoms with van der Waals surface area (Å²) in [5, 5.41) is 0.279. The van der Waals surface area contributed by atoms with Gasteiger partial charge in [-0.2, -0.15) is 8.42 Å². The summed E-state index contributed by atoms with van der Waals surface area (Å²) in [5.41, 5.74) is 0.523. The van der Waals surface area contributed by atoms with Crippen LogP contribution in [0, 0.1) is 0 Å². The highest BCUT2D eigenvalue weighted by molar-refractivity contribution is 7.86. The van der Waals surface area contributed by atoms with Gasteiger partial charge in [0, 0.05) is 5.39 Å². The van der Waals surface area contributed by atoms with Crippen molar-refractivity contribution in [2.24, 2.45) is 0 Å². The van der Waals surface area contributed by atoms with Crippen molar-refractivity contribution in [1.82, 2.24) is 4.98 Å². The summed E-state index contributed by atoms with van der Waals surface area (Å²) < 4.78 is 34.2. The second-order valence-electron chi connectivity index (χ2n) is 2.89. The molecule has 0 atom stereocenters. The lowest BCUT2D eigenvalue weighted by Gasteiger charge is -2.02. The third kappa shape index (κ3) is 1.80. The number of rotatable bonds is 1. The van der Waals surface area contributed by atoms with Crippen molar-refractivity contribution < 1.29 is 12.3 Å². The molecule has 6 heteroatoms. The summed E-state index contributed by atoms with van der Waals surface area (Å²) in [7, 11) is -4.82. The summed E-state index contributed by atoms with van der Waals surface area (Å²) in [6.45, 7) is 0. The van der Waals surface area contributed by atoms with E-state index in [2.05, 4.69) is 4.98 Å². The molecule has 0 saturated heterocycles. The summed E-state index contributed by atoms with van der Waals surface area (Å²) in [4.78, 5) is 3.21. The number of aromatic nitrogens is 1. The minimum atomic E-state index is -4.82. The summed E-state index contributed by atoms with van der Waals surface area (Å²) in [6.07, 6.45) is 0.917. The number of pyridine rings is 1. The standard InChI is InChI=1S/C9H5ClFNO2S/c10-9-6-3-1-2-4-7(6)12-5-8(9)15(11,13)14/h1-5H. The molecule has 0 aliphatic rings. The molecular formula is C9H5ClFNO2S. The fraction of sp³-hybridized carbons (Fsp3) is 0. The van der Waals surface area contributed by atoms with Crippen LogP contribution in [0.1, 0.15) is 0 Å². The second kappa shape index (κ2) is 3.43. The topological polar surface area (TPSA) is 47.0 Å². The average molecular weight is 246 g/mol. The van der Waals surface area contributed by atoms with Gasteiger partial charge < -0.3 is 0 Å². The quantitative estimate of drug-likeness (QED) is 0.726. The fourth-order valence-corrected chi connectivity index (χ4v) is 2.25. The van der Waals surface area contributed by atoms with E-state index in [-0.39, 0.29) is 5.02 Å². The second-order valence-corrected chi connectivity index (χ2v) is 4.58. The van der Waals surface area contributed by atoms with Gasteiger partial charge in [-0.1, -0.05) is 29.8 Å². The van der Waals surface area contributed by atoms with Crippen molar-refractivity contribution in [2.45, 2.75) is 4.90 Å². The summed E-state index contributed by atoms with van der Waals surface area (Å²) in [6, 6.07) is 6.65. The monoisotopic (exact) mass is 245 g/mol. The third-order valence-corrected chi connectivity index (χ3v) is 3.29. The maximum absolute atomic E-state index is 12.8. The molecule has 78 valence electrons. The van der Waals surface area contributed by atoms with E-state index in [0.29, 0.717) is 10.9 Å². The Bertz CT molecular complexity index is 627. The molecule has 2 aromatic rings. The lowest BCUT2D eigenvalue weighted by atomic mass is 10.2. The average Bonchev–Trinajstić information content (AvgIpc) is 2.16. The molecule has 1 aromatic heterocycles. The summed E-state index contributed by atoms with van der Waals surface area (Å²) >= 11 is 5.77. The van der Waals surface area contributed by atoms with Gasteiger partial charge in [0.2, 0.25) is 0 Å². The zero-order chi connectivity index (χ0) is 11.1. The molecule has 0 unspecified atom stereocenters. The minimum Gasteiger partial charge on any atom is -0.255 e. The van der Waals surface area contributed by atoms with Crippen LogP contribution < -0.4 is 0 Å². The van der Waals surface area contributed by atoms with Crippen LogP contribution >= 0.6 is 11.6 Å². The molecule has 1 aromatic carbocycles. The molecule has 0 amide bonds. The molecule has 0 fully saturated rings. The Morgan fingerprint density at radius 3 is 2.60 bits per heavy atom. The van der Waals surface area contributed by atoms with Gasteiger partial charge in [-0.05, 0) is 6.07 Å². The number of hydrogen-bond donors (Lipinski definition) is 0. The van der Waals surface area contributed by atoms with Gasteiger partial charge in [0.1, 0.15) is 4.90 Å². The predicted octanol–water partition coefficient (Wildman–Crippen LogP) is 2.55. The highest BCUT2D eigenvalue weighted by atomic mass is 35.5.